The van der Waals surface area contributed by atoms with Crippen molar-refractivity contribution in [2.24, 2.45) is 5.92 Å². The van der Waals surface area contributed by atoms with E-state index in [0.717, 1.165) is 54.1 Å². The molecule has 0 spiro atoms. The number of piperidine rings is 1. The van der Waals surface area contributed by atoms with Gasteiger partial charge in [0.05, 0.1) is 29.5 Å². The van der Waals surface area contributed by atoms with Gasteiger partial charge in [-0.05, 0) is 43.9 Å². The summed E-state index contributed by atoms with van der Waals surface area (Å²) >= 11 is 6.40. The third-order valence-electron chi connectivity index (χ3n) is 5.69. The summed E-state index contributed by atoms with van der Waals surface area (Å²) in [5.41, 5.74) is 2.73. The van der Waals surface area contributed by atoms with Crippen molar-refractivity contribution in [2.45, 2.75) is 46.1 Å². The van der Waals surface area contributed by atoms with Gasteiger partial charge < -0.3 is 15.0 Å². The Labute approximate surface area is 193 Å². The first-order valence-electron chi connectivity index (χ1n) is 11.2. The van der Waals surface area contributed by atoms with E-state index >= 15 is 0 Å². The lowest BCUT2D eigenvalue weighted by Crippen LogP contribution is -2.45. The van der Waals surface area contributed by atoms with Crippen molar-refractivity contribution in [3.63, 3.8) is 0 Å². The highest BCUT2D eigenvalue weighted by Crippen LogP contribution is 2.33. The second-order valence-corrected chi connectivity index (χ2v) is 9.05. The number of hydrogen-bond donors (Lipinski definition) is 1. The molecule has 170 valence electrons. The largest absolute Gasteiger partial charge is 0.492 e. The summed E-state index contributed by atoms with van der Waals surface area (Å²) < 4.78 is 7.45. The van der Waals surface area contributed by atoms with E-state index in [-0.39, 0.29) is 11.9 Å². The lowest BCUT2D eigenvalue weighted by Gasteiger charge is -2.33. The molecule has 1 aliphatic heterocycles. The summed E-state index contributed by atoms with van der Waals surface area (Å²) in [7, 11) is 0. The summed E-state index contributed by atoms with van der Waals surface area (Å²) in [6, 6.07) is 6.33. The zero-order chi connectivity index (χ0) is 22.7. The van der Waals surface area contributed by atoms with Crippen molar-refractivity contribution in [3.05, 3.63) is 41.8 Å². The Bertz CT molecular complexity index is 1070. The molecule has 0 radical (unpaired) electrons. The summed E-state index contributed by atoms with van der Waals surface area (Å²) in [5, 5.41) is 8.09. The van der Waals surface area contributed by atoms with Gasteiger partial charge in [0.25, 0.3) is 0 Å². The van der Waals surface area contributed by atoms with Gasteiger partial charge in [0.1, 0.15) is 11.6 Å². The molecule has 3 aromatic heterocycles. The number of amides is 1. The summed E-state index contributed by atoms with van der Waals surface area (Å²) in [6.07, 6.45) is 7.79. The first-order valence-corrected chi connectivity index (χ1v) is 11.6. The van der Waals surface area contributed by atoms with Crippen LogP contribution in [0.1, 0.15) is 40.0 Å². The maximum absolute atomic E-state index is 12.0. The quantitative estimate of drug-likeness (QED) is 0.564. The minimum atomic E-state index is 0.153. The SMILES string of the molecule is CCOc1cc(-c2ccc(N3CCC(NC(=O)CC(C)C)CC3)nc2)c2c(Cl)cnn2c1. The number of rotatable bonds is 7. The number of fused-ring (bicyclic) bond motifs is 1. The number of ether oxygens (including phenoxy) is 1. The van der Waals surface area contributed by atoms with Crippen LogP contribution in [0, 0.1) is 5.92 Å². The molecule has 3 aromatic rings. The fourth-order valence-corrected chi connectivity index (χ4v) is 4.40. The average molecular weight is 456 g/mol. The highest BCUT2D eigenvalue weighted by molar-refractivity contribution is 6.34. The highest BCUT2D eigenvalue weighted by atomic mass is 35.5. The predicted octanol–water partition coefficient (Wildman–Crippen LogP) is 4.58. The monoisotopic (exact) mass is 455 g/mol. The van der Waals surface area contributed by atoms with Gasteiger partial charge in [0, 0.05) is 42.9 Å². The lowest BCUT2D eigenvalue weighted by atomic mass is 10.0. The van der Waals surface area contributed by atoms with E-state index in [1.54, 1.807) is 10.7 Å². The van der Waals surface area contributed by atoms with Crippen LogP contribution in [0.3, 0.4) is 0 Å². The number of nitrogens with zero attached hydrogens (tertiary/aromatic N) is 4. The van der Waals surface area contributed by atoms with E-state index in [4.69, 9.17) is 21.3 Å². The Morgan fingerprint density at radius 2 is 2.06 bits per heavy atom. The van der Waals surface area contributed by atoms with Crippen LogP contribution in [-0.2, 0) is 4.79 Å². The van der Waals surface area contributed by atoms with E-state index in [1.165, 1.54) is 0 Å². The van der Waals surface area contributed by atoms with E-state index in [9.17, 15) is 4.79 Å². The third-order valence-corrected chi connectivity index (χ3v) is 5.97. The molecule has 8 heteroatoms. The molecule has 0 saturated carbocycles. The molecule has 0 aliphatic carbocycles. The number of pyridine rings is 2. The standard InChI is InChI=1S/C24H30ClN5O2/c1-4-32-19-12-20(24-21(25)14-27-30(24)15-19)17-5-6-22(26-13-17)29-9-7-18(8-10-29)28-23(31)11-16(2)3/h5-6,12-16,18H,4,7-11H2,1-3H3,(H,28,31). The summed E-state index contributed by atoms with van der Waals surface area (Å²) in [4.78, 5) is 19.0. The molecule has 4 rings (SSSR count). The number of halogens is 1. The Morgan fingerprint density at radius 1 is 1.28 bits per heavy atom. The van der Waals surface area contributed by atoms with Crippen LogP contribution in [0.4, 0.5) is 5.82 Å². The number of hydrogen-bond acceptors (Lipinski definition) is 5. The second kappa shape index (κ2) is 9.77. The molecule has 1 amide bonds. The smallest absolute Gasteiger partial charge is 0.220 e. The number of anilines is 1. The maximum Gasteiger partial charge on any atom is 0.220 e. The van der Waals surface area contributed by atoms with Crippen molar-refractivity contribution in [1.29, 1.82) is 0 Å². The van der Waals surface area contributed by atoms with Crippen LogP contribution in [-0.4, -0.2) is 46.2 Å². The minimum Gasteiger partial charge on any atom is -0.492 e. The molecule has 7 nitrogen and oxygen atoms in total. The highest BCUT2D eigenvalue weighted by Gasteiger charge is 2.22. The van der Waals surface area contributed by atoms with Gasteiger partial charge in [-0.15, -0.1) is 0 Å². The topological polar surface area (TPSA) is 71.8 Å². The lowest BCUT2D eigenvalue weighted by molar-refractivity contribution is -0.122. The van der Waals surface area contributed by atoms with Crippen LogP contribution in [0.15, 0.2) is 36.8 Å². The molecule has 1 aliphatic rings. The Morgan fingerprint density at radius 3 is 2.72 bits per heavy atom. The molecule has 0 aromatic carbocycles. The number of nitrogens with one attached hydrogen (secondary N) is 1. The number of carbonyl (C=O) groups excluding carboxylic acids is 1. The van der Waals surface area contributed by atoms with Gasteiger partial charge in [-0.1, -0.05) is 25.4 Å². The van der Waals surface area contributed by atoms with Gasteiger partial charge in [0.2, 0.25) is 5.91 Å². The maximum atomic E-state index is 12.0. The second-order valence-electron chi connectivity index (χ2n) is 8.64. The molecule has 1 N–H and O–H groups in total. The van der Waals surface area contributed by atoms with Gasteiger partial charge in [-0.25, -0.2) is 9.50 Å². The van der Waals surface area contributed by atoms with E-state index in [0.29, 0.717) is 24.0 Å². The fourth-order valence-electron chi connectivity index (χ4n) is 4.17. The molecule has 0 atom stereocenters. The molecular weight excluding hydrogens is 426 g/mol. The molecular formula is C24H30ClN5O2. The van der Waals surface area contributed by atoms with Gasteiger partial charge in [-0.3, -0.25) is 4.79 Å². The van der Waals surface area contributed by atoms with E-state index < -0.39 is 0 Å². The third kappa shape index (κ3) is 4.99. The van der Waals surface area contributed by atoms with Crippen LogP contribution in [0.25, 0.3) is 16.6 Å². The summed E-state index contributed by atoms with van der Waals surface area (Å²) in [5.74, 6) is 2.21. The van der Waals surface area contributed by atoms with Crippen molar-refractivity contribution in [3.8, 4) is 16.9 Å². The Hall–Kier alpha value is -2.80. The van der Waals surface area contributed by atoms with Crippen LogP contribution >= 0.6 is 11.6 Å². The van der Waals surface area contributed by atoms with E-state index in [2.05, 4.69) is 35.2 Å². The van der Waals surface area contributed by atoms with Gasteiger partial charge in [-0.2, -0.15) is 5.10 Å². The predicted molar refractivity (Wildman–Crippen MR) is 127 cm³/mol. The van der Waals surface area contributed by atoms with E-state index in [1.807, 2.05) is 31.5 Å². The van der Waals surface area contributed by atoms with Crippen LogP contribution < -0.4 is 15.0 Å². The summed E-state index contributed by atoms with van der Waals surface area (Å²) in [6.45, 7) is 8.41. The van der Waals surface area contributed by atoms with Crippen molar-refractivity contribution >= 4 is 28.8 Å². The van der Waals surface area contributed by atoms with Gasteiger partial charge >= 0.3 is 0 Å². The van der Waals surface area contributed by atoms with Crippen LogP contribution in [0.5, 0.6) is 5.75 Å². The molecule has 32 heavy (non-hydrogen) atoms. The Kier molecular flexibility index (Phi) is 6.84. The number of aromatic nitrogens is 3. The first-order chi connectivity index (χ1) is 15.4. The first kappa shape index (κ1) is 22.4. The molecule has 1 saturated heterocycles. The fraction of sp³-hybridized carbons (Fsp3) is 0.458. The van der Waals surface area contributed by atoms with Crippen LogP contribution in [0.2, 0.25) is 5.02 Å². The normalized spacial score (nSPS) is 14.8. The zero-order valence-electron chi connectivity index (χ0n) is 18.8. The molecule has 0 bridgehead atoms. The number of carbonyl (C=O) groups is 1. The van der Waals surface area contributed by atoms with Gasteiger partial charge in [0.15, 0.2) is 0 Å². The van der Waals surface area contributed by atoms with Crippen molar-refractivity contribution < 1.29 is 9.53 Å². The Balaban J connectivity index is 1.47. The van der Waals surface area contributed by atoms with Crippen molar-refractivity contribution in [1.82, 2.24) is 19.9 Å². The van der Waals surface area contributed by atoms with Crippen molar-refractivity contribution in [2.75, 3.05) is 24.6 Å². The zero-order valence-corrected chi connectivity index (χ0v) is 19.6. The molecule has 0 unspecified atom stereocenters. The molecule has 1 fully saturated rings. The average Bonchev–Trinajstić information content (AvgIpc) is 3.14. The molecule has 4 heterocycles. The minimum absolute atomic E-state index is 0.153.